The molecule has 10 heteroatoms. The third-order valence-corrected chi connectivity index (χ3v) is 8.48. The zero-order chi connectivity index (χ0) is 23.2. The number of nitrogens with zero attached hydrogens (tertiary/aromatic N) is 2. The third-order valence-electron chi connectivity index (χ3n) is 6.56. The SMILES string of the molecule is O=C(CN1C(=O)N[C@@]2(CCc3ccccc32)C1=O)Nc1ccc(S(=O)(=O)N2CCCC2)cc1. The zero-order valence-electron chi connectivity index (χ0n) is 17.9. The molecule has 2 aromatic rings. The molecule has 2 N–H and O–H groups in total. The van der Waals surface area contributed by atoms with Crippen molar-refractivity contribution in [3.8, 4) is 0 Å². The van der Waals surface area contributed by atoms with Gasteiger partial charge in [-0.05, 0) is 61.1 Å². The number of nitrogens with one attached hydrogen (secondary N) is 2. The second kappa shape index (κ2) is 7.96. The van der Waals surface area contributed by atoms with Gasteiger partial charge in [0.15, 0.2) is 0 Å². The molecule has 2 aliphatic heterocycles. The van der Waals surface area contributed by atoms with E-state index in [1.165, 1.54) is 28.6 Å². The minimum atomic E-state index is -3.54. The van der Waals surface area contributed by atoms with Crippen LogP contribution in [0.5, 0.6) is 0 Å². The van der Waals surface area contributed by atoms with Gasteiger partial charge in [0.1, 0.15) is 12.1 Å². The summed E-state index contributed by atoms with van der Waals surface area (Å²) in [5, 5.41) is 5.43. The Hall–Kier alpha value is -3.24. The van der Waals surface area contributed by atoms with E-state index in [-0.39, 0.29) is 4.90 Å². The number of hydrogen-bond donors (Lipinski definition) is 2. The van der Waals surface area contributed by atoms with Gasteiger partial charge in [0.05, 0.1) is 4.90 Å². The number of urea groups is 1. The second-order valence-corrected chi connectivity index (χ2v) is 10.5. The van der Waals surface area contributed by atoms with Gasteiger partial charge in [-0.1, -0.05) is 24.3 Å². The smallest absolute Gasteiger partial charge is 0.325 e. The van der Waals surface area contributed by atoms with Crippen LogP contribution in [0.2, 0.25) is 0 Å². The average molecular weight is 469 g/mol. The molecule has 33 heavy (non-hydrogen) atoms. The molecule has 9 nitrogen and oxygen atoms in total. The van der Waals surface area contributed by atoms with Gasteiger partial charge in [-0.3, -0.25) is 14.5 Å². The van der Waals surface area contributed by atoms with E-state index in [0.29, 0.717) is 31.6 Å². The van der Waals surface area contributed by atoms with Crippen molar-refractivity contribution < 1.29 is 22.8 Å². The standard InChI is InChI=1S/C23H24N4O5S/c28-20(24-17-7-9-18(10-8-17)33(31,32)26-13-3-4-14-26)15-27-21(29)23(25-22(27)30)12-11-16-5-1-2-6-19(16)23/h1-2,5-10H,3-4,11-15H2,(H,24,28)(H,25,30)/t23-/m1/s1. The lowest BCUT2D eigenvalue weighted by atomic mass is 9.92. The van der Waals surface area contributed by atoms with E-state index < -0.39 is 40.0 Å². The largest absolute Gasteiger partial charge is 0.325 e. The van der Waals surface area contributed by atoms with Gasteiger partial charge < -0.3 is 10.6 Å². The highest BCUT2D eigenvalue weighted by Crippen LogP contribution is 2.41. The summed E-state index contributed by atoms with van der Waals surface area (Å²) in [5.74, 6) is -0.975. The Labute approximate surface area is 191 Å². The number of carbonyl (C=O) groups excluding carboxylic acids is 3. The zero-order valence-corrected chi connectivity index (χ0v) is 18.7. The predicted octanol–water partition coefficient (Wildman–Crippen LogP) is 1.80. The lowest BCUT2D eigenvalue weighted by molar-refractivity contribution is -0.134. The molecule has 2 aromatic carbocycles. The molecule has 0 radical (unpaired) electrons. The van der Waals surface area contributed by atoms with E-state index in [0.717, 1.165) is 28.9 Å². The van der Waals surface area contributed by atoms with Crippen LogP contribution in [0.4, 0.5) is 10.5 Å². The van der Waals surface area contributed by atoms with Crippen LogP contribution in [0, 0.1) is 0 Å². The number of fused-ring (bicyclic) bond motifs is 2. The number of aryl methyl sites for hydroxylation is 1. The molecule has 2 fully saturated rings. The summed E-state index contributed by atoms with van der Waals surface area (Å²) >= 11 is 0. The average Bonchev–Trinajstić information content (AvgIpc) is 3.52. The third kappa shape index (κ3) is 3.59. The van der Waals surface area contributed by atoms with E-state index in [2.05, 4.69) is 10.6 Å². The number of amides is 4. The minimum Gasteiger partial charge on any atom is -0.325 e. The van der Waals surface area contributed by atoms with Crippen LogP contribution in [0.25, 0.3) is 0 Å². The van der Waals surface area contributed by atoms with Crippen molar-refractivity contribution in [3.05, 3.63) is 59.7 Å². The molecule has 0 aromatic heterocycles. The Kier molecular flexibility index (Phi) is 5.21. The molecule has 2 saturated heterocycles. The minimum absolute atomic E-state index is 0.165. The molecule has 3 aliphatic rings. The summed E-state index contributed by atoms with van der Waals surface area (Å²) < 4.78 is 26.7. The van der Waals surface area contributed by atoms with Gasteiger partial charge in [-0.25, -0.2) is 13.2 Å². The molecule has 0 bridgehead atoms. The first-order valence-corrected chi connectivity index (χ1v) is 12.4. The summed E-state index contributed by atoms with van der Waals surface area (Å²) in [5.41, 5.74) is 1.07. The van der Waals surface area contributed by atoms with Gasteiger partial charge >= 0.3 is 6.03 Å². The van der Waals surface area contributed by atoms with Gasteiger partial charge in [0.2, 0.25) is 15.9 Å². The van der Waals surface area contributed by atoms with Crippen LogP contribution in [0.15, 0.2) is 53.4 Å². The molecule has 0 saturated carbocycles. The number of carbonyl (C=O) groups is 3. The maximum atomic E-state index is 13.2. The van der Waals surface area contributed by atoms with Crippen molar-refractivity contribution in [3.63, 3.8) is 0 Å². The highest BCUT2D eigenvalue weighted by Gasteiger charge is 2.55. The summed E-state index contributed by atoms with van der Waals surface area (Å²) in [4.78, 5) is 39.4. The molecular weight excluding hydrogens is 444 g/mol. The van der Waals surface area contributed by atoms with Crippen molar-refractivity contribution >= 4 is 33.6 Å². The number of imide groups is 1. The van der Waals surface area contributed by atoms with E-state index in [4.69, 9.17) is 0 Å². The first-order valence-electron chi connectivity index (χ1n) is 10.9. The number of hydrogen-bond acceptors (Lipinski definition) is 5. The van der Waals surface area contributed by atoms with Crippen LogP contribution in [0.1, 0.15) is 30.4 Å². The summed E-state index contributed by atoms with van der Waals surface area (Å²) in [6, 6.07) is 12.8. The predicted molar refractivity (Wildman–Crippen MR) is 120 cm³/mol. The Morgan fingerprint density at radius 2 is 1.73 bits per heavy atom. The summed E-state index contributed by atoms with van der Waals surface area (Å²) in [6.07, 6.45) is 2.84. The van der Waals surface area contributed by atoms with Crippen molar-refractivity contribution in [2.75, 3.05) is 25.0 Å². The first kappa shape index (κ1) is 21.6. The summed E-state index contributed by atoms with van der Waals surface area (Å²) in [7, 11) is -3.54. The van der Waals surface area contributed by atoms with Gasteiger partial charge in [0, 0.05) is 18.8 Å². The number of anilines is 1. The molecule has 172 valence electrons. The lowest BCUT2D eigenvalue weighted by Crippen LogP contribution is -2.43. The van der Waals surface area contributed by atoms with Gasteiger partial charge in [-0.2, -0.15) is 4.31 Å². The van der Waals surface area contributed by atoms with Gasteiger partial charge in [-0.15, -0.1) is 0 Å². The van der Waals surface area contributed by atoms with Crippen molar-refractivity contribution in [1.29, 1.82) is 0 Å². The number of rotatable bonds is 5. The molecule has 1 spiro atoms. The topological polar surface area (TPSA) is 116 Å². The normalized spacial score (nSPS) is 22.6. The Balaban J connectivity index is 1.26. The number of benzene rings is 2. The second-order valence-electron chi connectivity index (χ2n) is 8.57. The quantitative estimate of drug-likeness (QED) is 0.650. The van der Waals surface area contributed by atoms with Crippen LogP contribution in [0.3, 0.4) is 0 Å². The highest BCUT2D eigenvalue weighted by molar-refractivity contribution is 7.89. The van der Waals surface area contributed by atoms with E-state index in [1.807, 2.05) is 24.3 Å². The van der Waals surface area contributed by atoms with E-state index in [9.17, 15) is 22.8 Å². The molecule has 2 heterocycles. The Morgan fingerprint density at radius 1 is 1.03 bits per heavy atom. The monoisotopic (exact) mass is 468 g/mol. The lowest BCUT2D eigenvalue weighted by Gasteiger charge is -2.22. The highest BCUT2D eigenvalue weighted by atomic mass is 32.2. The molecule has 1 aliphatic carbocycles. The maximum Gasteiger partial charge on any atom is 0.325 e. The molecule has 1 atom stereocenters. The van der Waals surface area contributed by atoms with Crippen molar-refractivity contribution in [1.82, 2.24) is 14.5 Å². The summed E-state index contributed by atoms with van der Waals surface area (Å²) in [6.45, 7) is 0.597. The molecule has 0 unspecified atom stereocenters. The molecule has 5 rings (SSSR count). The molecular formula is C23H24N4O5S. The first-order chi connectivity index (χ1) is 15.8. The van der Waals surface area contributed by atoms with Gasteiger partial charge in [0.25, 0.3) is 5.91 Å². The van der Waals surface area contributed by atoms with Crippen molar-refractivity contribution in [2.45, 2.75) is 36.1 Å². The van der Waals surface area contributed by atoms with Crippen LogP contribution < -0.4 is 10.6 Å². The fraction of sp³-hybridized carbons (Fsp3) is 0.348. The fourth-order valence-corrected chi connectivity index (χ4v) is 6.38. The molecule has 4 amide bonds. The van der Waals surface area contributed by atoms with Crippen molar-refractivity contribution in [2.24, 2.45) is 0 Å². The van der Waals surface area contributed by atoms with E-state index in [1.54, 1.807) is 0 Å². The Morgan fingerprint density at radius 3 is 2.45 bits per heavy atom. The van der Waals surface area contributed by atoms with Crippen LogP contribution in [-0.2, 0) is 31.6 Å². The fourth-order valence-electron chi connectivity index (χ4n) is 4.87. The van der Waals surface area contributed by atoms with Crippen LogP contribution >= 0.6 is 0 Å². The Bertz CT molecular complexity index is 1240. The van der Waals surface area contributed by atoms with E-state index >= 15 is 0 Å². The van der Waals surface area contributed by atoms with Crippen LogP contribution in [-0.4, -0.2) is 55.1 Å². The number of sulfonamides is 1. The maximum absolute atomic E-state index is 13.2.